The van der Waals surface area contributed by atoms with Crippen LogP contribution in [-0.4, -0.2) is 74.9 Å². The van der Waals surface area contributed by atoms with Gasteiger partial charge < -0.3 is 19.3 Å². The second kappa shape index (κ2) is 7.68. The molecule has 30 heavy (non-hydrogen) atoms. The minimum atomic E-state index is -0.618. The normalized spacial score (nSPS) is 23.9. The third kappa shape index (κ3) is 3.49. The summed E-state index contributed by atoms with van der Waals surface area (Å²) in [6.07, 6.45) is 4.60. The molecule has 2 aliphatic rings. The van der Waals surface area contributed by atoms with Crippen LogP contribution in [0.15, 0.2) is 17.9 Å². The highest BCUT2D eigenvalue weighted by molar-refractivity contribution is 7.09. The number of likely N-dealkylation sites (tertiary alicyclic amines) is 2. The van der Waals surface area contributed by atoms with Gasteiger partial charge in [0.05, 0.1) is 34.7 Å². The van der Waals surface area contributed by atoms with Crippen molar-refractivity contribution in [3.8, 4) is 0 Å². The molecule has 9 heteroatoms. The number of imidazole rings is 1. The molecule has 4 heterocycles. The number of aryl methyl sites for hydroxylation is 1. The quantitative estimate of drug-likeness (QED) is 0.748. The van der Waals surface area contributed by atoms with Gasteiger partial charge in [-0.2, -0.15) is 0 Å². The maximum Gasteiger partial charge on any atom is 0.319 e. The molecular formula is C21H30N6O2S. The molecule has 162 valence electrons. The van der Waals surface area contributed by atoms with Crippen molar-refractivity contribution in [2.75, 3.05) is 33.7 Å². The third-order valence-electron chi connectivity index (χ3n) is 6.33. The first-order valence-corrected chi connectivity index (χ1v) is 11.3. The van der Waals surface area contributed by atoms with E-state index in [2.05, 4.69) is 28.4 Å². The predicted octanol–water partition coefficient (Wildman–Crippen LogP) is 2.73. The zero-order chi connectivity index (χ0) is 21.6. The Morgan fingerprint density at radius 2 is 2.17 bits per heavy atom. The summed E-state index contributed by atoms with van der Waals surface area (Å²) < 4.78 is 2.06. The van der Waals surface area contributed by atoms with Gasteiger partial charge in [0.15, 0.2) is 0 Å². The van der Waals surface area contributed by atoms with Crippen LogP contribution in [-0.2, 0) is 11.3 Å². The standard InChI is InChI=1S/C21H30N6O2S/c1-14(2)27-10-18(22-13-27)17-9-26(20(29)24(4)5)12-21(17)6-7-25(19(21)28)8-16-11-30-15(3)23-16/h10-11,13-14,17H,6-9,12H2,1-5H3/t17-,21+/m1/s1. The molecule has 0 saturated carbocycles. The second-order valence-electron chi connectivity index (χ2n) is 8.94. The van der Waals surface area contributed by atoms with Crippen molar-refractivity contribution in [3.63, 3.8) is 0 Å². The summed E-state index contributed by atoms with van der Waals surface area (Å²) in [4.78, 5) is 41.0. The van der Waals surface area contributed by atoms with Crippen molar-refractivity contribution in [2.24, 2.45) is 5.41 Å². The molecule has 0 bridgehead atoms. The lowest BCUT2D eigenvalue weighted by Crippen LogP contribution is -2.42. The highest BCUT2D eigenvalue weighted by atomic mass is 32.1. The van der Waals surface area contributed by atoms with Gasteiger partial charge in [-0.25, -0.2) is 14.8 Å². The number of carbonyl (C=O) groups is 2. The Bertz CT molecular complexity index is 951. The van der Waals surface area contributed by atoms with Crippen molar-refractivity contribution >= 4 is 23.3 Å². The van der Waals surface area contributed by atoms with E-state index in [0.717, 1.165) is 22.8 Å². The van der Waals surface area contributed by atoms with E-state index in [0.29, 0.717) is 32.2 Å². The van der Waals surface area contributed by atoms with Crippen molar-refractivity contribution in [3.05, 3.63) is 34.3 Å². The largest absolute Gasteiger partial charge is 0.336 e. The number of amides is 3. The van der Waals surface area contributed by atoms with Crippen LogP contribution in [0, 0.1) is 12.3 Å². The van der Waals surface area contributed by atoms with Gasteiger partial charge in [-0.05, 0) is 27.2 Å². The number of carbonyl (C=O) groups excluding carboxylic acids is 2. The fourth-order valence-electron chi connectivity index (χ4n) is 4.69. The third-order valence-corrected chi connectivity index (χ3v) is 7.15. The lowest BCUT2D eigenvalue weighted by atomic mass is 9.75. The summed E-state index contributed by atoms with van der Waals surface area (Å²) in [5.41, 5.74) is 1.22. The van der Waals surface area contributed by atoms with Gasteiger partial charge >= 0.3 is 6.03 Å². The average molecular weight is 431 g/mol. The first-order chi connectivity index (χ1) is 14.2. The van der Waals surface area contributed by atoms with Gasteiger partial charge in [-0.3, -0.25) is 4.79 Å². The fraction of sp³-hybridized carbons (Fsp3) is 0.619. The van der Waals surface area contributed by atoms with Crippen LogP contribution in [0.3, 0.4) is 0 Å². The zero-order valence-corrected chi connectivity index (χ0v) is 19.1. The van der Waals surface area contributed by atoms with Crippen LogP contribution in [0.1, 0.15) is 48.6 Å². The van der Waals surface area contributed by atoms with E-state index in [1.807, 2.05) is 34.6 Å². The number of hydrogen-bond acceptors (Lipinski definition) is 5. The number of aromatic nitrogens is 3. The maximum absolute atomic E-state index is 13.7. The molecule has 2 atom stereocenters. The smallest absolute Gasteiger partial charge is 0.319 e. The van der Waals surface area contributed by atoms with Crippen LogP contribution < -0.4 is 0 Å². The summed E-state index contributed by atoms with van der Waals surface area (Å²) >= 11 is 1.60. The Morgan fingerprint density at radius 1 is 1.40 bits per heavy atom. The summed E-state index contributed by atoms with van der Waals surface area (Å²) in [6, 6.07) is 0.244. The Balaban J connectivity index is 1.64. The van der Waals surface area contributed by atoms with Gasteiger partial charge in [0.2, 0.25) is 5.91 Å². The monoisotopic (exact) mass is 430 g/mol. The van der Waals surface area contributed by atoms with E-state index in [1.165, 1.54) is 0 Å². The topological polar surface area (TPSA) is 74.6 Å². The van der Waals surface area contributed by atoms with Crippen molar-refractivity contribution < 1.29 is 9.59 Å². The Hall–Kier alpha value is -2.42. The molecule has 0 radical (unpaired) electrons. The molecule has 3 amide bonds. The van der Waals surface area contributed by atoms with E-state index < -0.39 is 5.41 Å². The average Bonchev–Trinajstić information content (AvgIpc) is 3.46. The number of rotatable bonds is 4. The molecule has 2 saturated heterocycles. The molecule has 2 fully saturated rings. The second-order valence-corrected chi connectivity index (χ2v) is 10.0. The number of thiazole rings is 1. The summed E-state index contributed by atoms with van der Waals surface area (Å²) in [5.74, 6) is 0.0161. The minimum absolute atomic E-state index is 0.0541. The maximum atomic E-state index is 13.7. The summed E-state index contributed by atoms with van der Waals surface area (Å²) in [6.45, 7) is 8.35. The number of urea groups is 1. The highest BCUT2D eigenvalue weighted by Gasteiger charge is 2.58. The molecule has 0 aromatic carbocycles. The predicted molar refractivity (Wildman–Crippen MR) is 115 cm³/mol. The van der Waals surface area contributed by atoms with E-state index >= 15 is 0 Å². The molecule has 2 aliphatic heterocycles. The fourth-order valence-corrected chi connectivity index (χ4v) is 5.29. The van der Waals surface area contributed by atoms with Gasteiger partial charge in [-0.1, -0.05) is 0 Å². The van der Waals surface area contributed by atoms with Crippen molar-refractivity contribution in [1.29, 1.82) is 0 Å². The van der Waals surface area contributed by atoms with E-state index in [1.54, 1.807) is 30.3 Å². The molecule has 8 nitrogen and oxygen atoms in total. The molecule has 0 unspecified atom stereocenters. The Labute approximate surface area is 181 Å². The van der Waals surface area contributed by atoms with E-state index in [-0.39, 0.29) is 17.9 Å². The molecule has 1 spiro atoms. The molecular weight excluding hydrogens is 400 g/mol. The Morgan fingerprint density at radius 3 is 2.77 bits per heavy atom. The van der Waals surface area contributed by atoms with Crippen molar-refractivity contribution in [1.82, 2.24) is 29.2 Å². The number of hydrogen-bond donors (Lipinski definition) is 0. The SMILES string of the molecule is Cc1nc(CN2CC[C@@]3(CN(C(=O)N(C)C)C[C@@H]3c3cn(C(C)C)cn3)C2=O)cs1. The summed E-state index contributed by atoms with van der Waals surface area (Å²) in [7, 11) is 3.51. The van der Waals surface area contributed by atoms with Crippen LogP contribution in [0.4, 0.5) is 4.79 Å². The lowest BCUT2D eigenvalue weighted by molar-refractivity contribution is -0.136. The van der Waals surface area contributed by atoms with E-state index in [9.17, 15) is 9.59 Å². The number of nitrogens with zero attached hydrogens (tertiary/aromatic N) is 6. The van der Waals surface area contributed by atoms with Gasteiger partial charge in [0.1, 0.15) is 0 Å². The summed E-state index contributed by atoms with van der Waals surface area (Å²) in [5, 5.41) is 3.03. The molecule has 0 aliphatic carbocycles. The highest BCUT2D eigenvalue weighted by Crippen LogP contribution is 2.50. The van der Waals surface area contributed by atoms with Crippen LogP contribution in [0.5, 0.6) is 0 Å². The first kappa shape index (κ1) is 20.8. The molecule has 4 rings (SSSR count). The molecule has 2 aromatic rings. The lowest BCUT2D eigenvalue weighted by Gasteiger charge is -2.28. The minimum Gasteiger partial charge on any atom is -0.336 e. The zero-order valence-electron chi connectivity index (χ0n) is 18.3. The van der Waals surface area contributed by atoms with Crippen LogP contribution in [0.2, 0.25) is 0 Å². The van der Waals surface area contributed by atoms with Gasteiger partial charge in [-0.15, -0.1) is 11.3 Å². The van der Waals surface area contributed by atoms with Crippen molar-refractivity contribution in [2.45, 2.75) is 45.7 Å². The van der Waals surface area contributed by atoms with Gasteiger partial charge in [0.25, 0.3) is 0 Å². The van der Waals surface area contributed by atoms with Crippen LogP contribution in [0.25, 0.3) is 0 Å². The van der Waals surface area contributed by atoms with Crippen LogP contribution >= 0.6 is 11.3 Å². The molecule has 0 N–H and O–H groups in total. The first-order valence-electron chi connectivity index (χ1n) is 10.4. The van der Waals surface area contributed by atoms with Gasteiger partial charge in [0, 0.05) is 57.3 Å². The molecule has 2 aromatic heterocycles. The van der Waals surface area contributed by atoms with E-state index in [4.69, 9.17) is 0 Å². The Kier molecular flexibility index (Phi) is 5.34.